The number of hydrogen-bond acceptors (Lipinski definition) is 15. The van der Waals surface area contributed by atoms with Crippen LogP contribution in [-0.4, -0.2) is 143 Å². The zero-order chi connectivity index (χ0) is 47.1. The fourth-order valence-electron chi connectivity index (χ4n) is 7.99. The van der Waals surface area contributed by atoms with E-state index in [2.05, 4.69) is 55.5 Å². The SMILES string of the molecule is COc1cc(N2CCC(NC(=O)COCCOCCOCCOCCSc3cccc4c3CN(C3CCC(=O)NC3=O)C4=O)CC2)ccc1Nc1ncc(Cl)c(Nc2ccccc2P(C)C)n1. The molecule has 0 aliphatic carbocycles. The standard InChI is InChI=1S/C47H58ClN8O9PS/c1-61-39-27-32(11-12-36(39)52-47-49-28-35(48)44(54-47)51-37-8-4-5-9-40(37)66(2)3)55-17-15-31(16-18-55)50-43(58)30-65-24-23-63-20-19-62-21-22-64-25-26-67-41-10-6-7-33-34(41)29-56(46(33)60)38-13-14-42(57)53-45(38)59/h4-12,27-28,31,38H,13-26,29-30H2,1-3H3,(H,50,58)(H,53,57,59)(H2,49,51,52,54). The molecule has 1 atom stereocenters. The summed E-state index contributed by atoms with van der Waals surface area (Å²) in [6, 6.07) is 19.1. The number of fused-ring (bicyclic) bond motifs is 1. The van der Waals surface area contributed by atoms with E-state index < -0.39 is 11.9 Å². The zero-order valence-corrected chi connectivity index (χ0v) is 40.5. The second-order valence-corrected chi connectivity index (χ2v) is 20.0. The van der Waals surface area contributed by atoms with Gasteiger partial charge in [0.2, 0.25) is 23.7 Å². The summed E-state index contributed by atoms with van der Waals surface area (Å²) in [5, 5.41) is 13.7. The van der Waals surface area contributed by atoms with Crippen LogP contribution in [0.4, 0.5) is 28.8 Å². The van der Waals surface area contributed by atoms with Crippen molar-refractivity contribution in [2.45, 2.75) is 49.2 Å². The first-order valence-electron chi connectivity index (χ1n) is 22.3. The molecule has 2 saturated heterocycles. The number of amides is 4. The number of carbonyl (C=O) groups is 4. The number of para-hydroxylation sites is 1. The van der Waals surface area contributed by atoms with E-state index in [1.54, 1.807) is 36.0 Å². The van der Waals surface area contributed by atoms with Crippen LogP contribution in [0.5, 0.6) is 5.75 Å². The average Bonchev–Trinajstić information content (AvgIpc) is 3.66. The molecule has 4 N–H and O–H groups in total. The minimum atomic E-state index is -0.635. The van der Waals surface area contributed by atoms with Crippen molar-refractivity contribution in [2.24, 2.45) is 0 Å². The third-order valence-corrected chi connectivity index (χ3v) is 14.1. The van der Waals surface area contributed by atoms with Gasteiger partial charge in [0.25, 0.3) is 5.91 Å². The van der Waals surface area contributed by atoms with Crippen LogP contribution in [0, 0.1) is 0 Å². The third kappa shape index (κ3) is 13.8. The highest BCUT2D eigenvalue weighted by Crippen LogP contribution is 2.36. The van der Waals surface area contributed by atoms with E-state index in [4.69, 9.17) is 35.3 Å². The van der Waals surface area contributed by atoms with Crippen molar-refractivity contribution >= 4 is 89.0 Å². The van der Waals surface area contributed by atoms with Gasteiger partial charge >= 0.3 is 0 Å². The highest BCUT2D eigenvalue weighted by Gasteiger charge is 2.40. The number of imide groups is 1. The minimum absolute atomic E-state index is 0.0338. The number of nitrogens with one attached hydrogen (secondary N) is 4. The monoisotopic (exact) mass is 976 g/mol. The van der Waals surface area contributed by atoms with Crippen LogP contribution in [0.25, 0.3) is 0 Å². The van der Waals surface area contributed by atoms with Crippen molar-refractivity contribution in [3.05, 3.63) is 83.0 Å². The number of nitrogens with zero attached hydrogens (tertiary/aromatic N) is 4. The van der Waals surface area contributed by atoms with E-state index >= 15 is 0 Å². The lowest BCUT2D eigenvalue weighted by Crippen LogP contribution is -2.52. The molecule has 7 rings (SSSR count). The third-order valence-electron chi connectivity index (χ3n) is 11.4. The van der Waals surface area contributed by atoms with Gasteiger partial charge < -0.3 is 49.4 Å². The van der Waals surface area contributed by atoms with Crippen molar-refractivity contribution < 1.29 is 42.9 Å². The average molecular weight is 978 g/mol. The summed E-state index contributed by atoms with van der Waals surface area (Å²) < 4.78 is 28.2. The molecule has 0 radical (unpaired) electrons. The quantitative estimate of drug-likeness (QED) is 0.0289. The van der Waals surface area contributed by atoms with Crippen LogP contribution in [0.1, 0.15) is 41.6 Å². The summed E-state index contributed by atoms with van der Waals surface area (Å²) in [4.78, 5) is 63.5. The zero-order valence-electron chi connectivity index (χ0n) is 38.0. The fourth-order valence-corrected chi connectivity index (χ4v) is 10.1. The summed E-state index contributed by atoms with van der Waals surface area (Å²) in [6.07, 6.45) is 3.72. The second-order valence-electron chi connectivity index (χ2n) is 16.2. The molecule has 0 spiro atoms. The second kappa shape index (κ2) is 24.8. The van der Waals surface area contributed by atoms with Gasteiger partial charge in [0.1, 0.15) is 23.4 Å². The summed E-state index contributed by atoms with van der Waals surface area (Å²) in [6.45, 7) is 9.07. The molecule has 2 fully saturated rings. The van der Waals surface area contributed by atoms with Gasteiger partial charge in [-0.15, -0.1) is 11.8 Å². The van der Waals surface area contributed by atoms with Crippen LogP contribution >= 0.6 is 31.3 Å². The molecule has 3 aliphatic rings. The first-order valence-corrected chi connectivity index (χ1v) is 25.9. The molecule has 67 heavy (non-hydrogen) atoms. The Labute approximate surface area is 401 Å². The Morgan fingerprint density at radius 3 is 2.34 bits per heavy atom. The van der Waals surface area contributed by atoms with Crippen molar-refractivity contribution in [1.82, 2.24) is 25.5 Å². The van der Waals surface area contributed by atoms with Crippen molar-refractivity contribution in [2.75, 3.05) is 108 Å². The molecule has 4 aromatic rings. The Morgan fingerprint density at radius 2 is 1.61 bits per heavy atom. The Kier molecular flexibility index (Phi) is 18.4. The molecule has 358 valence electrons. The lowest BCUT2D eigenvalue weighted by atomic mass is 10.0. The number of piperidine rings is 2. The molecule has 3 aliphatic heterocycles. The van der Waals surface area contributed by atoms with Gasteiger partial charge in [-0.05, 0) is 73.8 Å². The molecule has 0 saturated carbocycles. The lowest BCUT2D eigenvalue weighted by Gasteiger charge is -2.34. The molecule has 0 bridgehead atoms. The van der Waals surface area contributed by atoms with Crippen molar-refractivity contribution in [3.8, 4) is 5.75 Å². The van der Waals surface area contributed by atoms with Crippen LogP contribution in [-0.2, 0) is 39.9 Å². The van der Waals surface area contributed by atoms with Gasteiger partial charge in [-0.1, -0.05) is 43.8 Å². The molecule has 1 unspecified atom stereocenters. The van der Waals surface area contributed by atoms with Crippen LogP contribution in [0.2, 0.25) is 5.02 Å². The molecule has 3 aromatic carbocycles. The van der Waals surface area contributed by atoms with E-state index in [-0.39, 0.29) is 44.7 Å². The van der Waals surface area contributed by atoms with Crippen molar-refractivity contribution in [3.63, 3.8) is 0 Å². The van der Waals surface area contributed by atoms with E-state index in [0.717, 1.165) is 53.5 Å². The maximum absolute atomic E-state index is 13.1. The largest absolute Gasteiger partial charge is 0.494 e. The number of methoxy groups -OCH3 is 1. The number of hydrogen-bond donors (Lipinski definition) is 4. The molecule has 20 heteroatoms. The number of anilines is 5. The highest BCUT2D eigenvalue weighted by atomic mass is 35.5. The molecule has 17 nitrogen and oxygen atoms in total. The number of halogens is 1. The summed E-state index contributed by atoms with van der Waals surface area (Å²) in [7, 11) is 1.29. The van der Waals surface area contributed by atoms with Crippen molar-refractivity contribution in [1.29, 1.82) is 0 Å². The number of benzene rings is 3. The summed E-state index contributed by atoms with van der Waals surface area (Å²) >= 11 is 8.09. The molecular formula is C47H58ClN8O9PS. The van der Waals surface area contributed by atoms with Crippen LogP contribution in [0.3, 0.4) is 0 Å². The van der Waals surface area contributed by atoms with E-state index in [1.807, 2.05) is 48.5 Å². The fraction of sp³-hybridized carbons (Fsp3) is 0.447. The van der Waals surface area contributed by atoms with Gasteiger partial charge in [0, 0.05) is 65.7 Å². The number of aromatic nitrogens is 2. The normalized spacial score (nSPS) is 16.3. The molecule has 1 aromatic heterocycles. The van der Waals surface area contributed by atoms with Gasteiger partial charge in [-0.3, -0.25) is 24.5 Å². The molecule has 4 heterocycles. The Balaban J connectivity index is 0.709. The Bertz CT molecular complexity index is 2360. The smallest absolute Gasteiger partial charge is 0.255 e. The first-order chi connectivity index (χ1) is 32.6. The van der Waals surface area contributed by atoms with Crippen LogP contribution in [0.15, 0.2) is 71.8 Å². The van der Waals surface area contributed by atoms with E-state index in [0.29, 0.717) is 93.1 Å². The van der Waals surface area contributed by atoms with Gasteiger partial charge in [-0.2, -0.15) is 4.98 Å². The number of ether oxygens (including phenoxy) is 5. The maximum atomic E-state index is 13.1. The predicted molar refractivity (Wildman–Crippen MR) is 261 cm³/mol. The van der Waals surface area contributed by atoms with Crippen LogP contribution < -0.4 is 36.2 Å². The topological polar surface area (TPSA) is 195 Å². The number of thioether (sulfide) groups is 1. The van der Waals surface area contributed by atoms with E-state index in [1.165, 1.54) is 5.30 Å². The Hall–Kier alpha value is -5.07. The molecular weight excluding hydrogens is 919 g/mol. The number of carbonyl (C=O) groups excluding carboxylic acids is 4. The predicted octanol–water partition coefficient (Wildman–Crippen LogP) is 5.70. The van der Waals surface area contributed by atoms with Gasteiger partial charge in [-0.25, -0.2) is 4.98 Å². The lowest BCUT2D eigenvalue weighted by molar-refractivity contribution is -0.137. The maximum Gasteiger partial charge on any atom is 0.255 e. The van der Waals surface area contributed by atoms with Gasteiger partial charge in [0.05, 0.1) is 65.2 Å². The van der Waals surface area contributed by atoms with Gasteiger partial charge in [0.15, 0.2) is 5.82 Å². The summed E-state index contributed by atoms with van der Waals surface area (Å²) in [5.41, 5.74) is 4.20. The minimum Gasteiger partial charge on any atom is -0.494 e. The number of rotatable bonds is 24. The Morgan fingerprint density at radius 1 is 0.881 bits per heavy atom. The summed E-state index contributed by atoms with van der Waals surface area (Å²) in [5.74, 6) is 1.18. The first kappa shape index (κ1) is 49.8. The molecule has 4 amide bonds. The van der Waals surface area contributed by atoms with E-state index in [9.17, 15) is 19.2 Å². The highest BCUT2D eigenvalue weighted by molar-refractivity contribution is 7.99.